The van der Waals surface area contributed by atoms with Crippen molar-refractivity contribution < 1.29 is 18.7 Å². The summed E-state index contributed by atoms with van der Waals surface area (Å²) in [5.74, 6) is -0.474. The highest BCUT2D eigenvalue weighted by atomic mass is 35.5. The summed E-state index contributed by atoms with van der Waals surface area (Å²) in [5, 5.41) is 11.6. The molecular formula is C21H22ClFN2O3. The number of rotatable bonds is 5. The van der Waals surface area contributed by atoms with Crippen LogP contribution in [0.2, 0.25) is 5.02 Å². The fourth-order valence-electron chi connectivity index (χ4n) is 2.48. The lowest BCUT2D eigenvalue weighted by atomic mass is 10.0. The van der Waals surface area contributed by atoms with Crippen LogP contribution < -0.4 is 10.1 Å². The van der Waals surface area contributed by atoms with Crippen LogP contribution >= 0.6 is 11.6 Å². The molecule has 0 aliphatic heterocycles. The second kappa shape index (κ2) is 8.94. The molecule has 0 radical (unpaired) electrons. The number of nitriles is 1. The molecule has 0 aromatic heterocycles. The average molecular weight is 405 g/mol. The number of carbonyl (C=O) groups is 1. The van der Waals surface area contributed by atoms with E-state index in [1.807, 2.05) is 13.0 Å². The highest BCUT2D eigenvalue weighted by Crippen LogP contribution is 2.36. The van der Waals surface area contributed by atoms with Gasteiger partial charge in [-0.15, -0.1) is 0 Å². The number of ether oxygens (including phenoxy) is 2. The summed E-state index contributed by atoms with van der Waals surface area (Å²) in [7, 11) is 0. The molecule has 2 aromatic carbocycles. The Balaban J connectivity index is 2.28. The molecule has 0 saturated carbocycles. The van der Waals surface area contributed by atoms with Gasteiger partial charge in [-0.05, 0) is 57.5 Å². The summed E-state index contributed by atoms with van der Waals surface area (Å²) in [6.07, 6.45) is -0.197. The Morgan fingerprint density at radius 1 is 1.25 bits per heavy atom. The zero-order valence-corrected chi connectivity index (χ0v) is 16.9. The van der Waals surface area contributed by atoms with E-state index < -0.39 is 23.6 Å². The lowest BCUT2D eigenvalue weighted by molar-refractivity contribution is 0.0501. The molecule has 7 heteroatoms. The Kier molecular flexibility index (Phi) is 6.87. The van der Waals surface area contributed by atoms with Crippen molar-refractivity contribution >= 4 is 17.7 Å². The summed E-state index contributed by atoms with van der Waals surface area (Å²) in [6.45, 7) is 7.07. The summed E-state index contributed by atoms with van der Waals surface area (Å²) >= 11 is 6.12. The number of hydrogen-bond donors (Lipinski definition) is 1. The van der Waals surface area contributed by atoms with Gasteiger partial charge in [0, 0.05) is 5.56 Å². The van der Waals surface area contributed by atoms with E-state index in [9.17, 15) is 4.79 Å². The average Bonchev–Trinajstić information content (AvgIpc) is 2.62. The summed E-state index contributed by atoms with van der Waals surface area (Å²) < 4.78 is 26.0. The number of nitrogens with zero attached hydrogens (tertiary/aromatic N) is 1. The van der Waals surface area contributed by atoms with Crippen LogP contribution in [-0.4, -0.2) is 11.7 Å². The lowest BCUT2D eigenvalue weighted by Gasteiger charge is -2.24. The Hall–Kier alpha value is -2.78. The van der Waals surface area contributed by atoms with E-state index in [1.54, 1.807) is 45.0 Å². The molecule has 1 atom stereocenters. The molecule has 0 spiro atoms. The summed E-state index contributed by atoms with van der Waals surface area (Å²) in [4.78, 5) is 12.1. The highest BCUT2D eigenvalue weighted by molar-refractivity contribution is 6.32. The van der Waals surface area contributed by atoms with E-state index in [2.05, 4.69) is 5.32 Å². The van der Waals surface area contributed by atoms with Crippen LogP contribution in [0.5, 0.6) is 11.5 Å². The van der Waals surface area contributed by atoms with Crippen LogP contribution in [0.1, 0.15) is 51.3 Å². The first-order valence-corrected chi connectivity index (χ1v) is 9.17. The molecule has 1 N–H and O–H groups in total. The van der Waals surface area contributed by atoms with E-state index in [1.165, 1.54) is 12.1 Å². The van der Waals surface area contributed by atoms with E-state index in [0.717, 1.165) is 0 Å². The minimum absolute atomic E-state index is 0.0951. The lowest BCUT2D eigenvalue weighted by Crippen LogP contribution is -2.35. The third kappa shape index (κ3) is 5.61. The Bertz CT molecular complexity index is 886. The molecule has 0 aliphatic carbocycles. The molecule has 5 nitrogen and oxygen atoms in total. The van der Waals surface area contributed by atoms with Crippen LogP contribution in [0.25, 0.3) is 0 Å². The zero-order valence-electron chi connectivity index (χ0n) is 16.2. The van der Waals surface area contributed by atoms with Gasteiger partial charge in [0.2, 0.25) is 0 Å². The number of halogens is 2. The summed E-state index contributed by atoms with van der Waals surface area (Å²) in [6, 6.07) is 10.6. The van der Waals surface area contributed by atoms with Crippen molar-refractivity contribution in [3.63, 3.8) is 0 Å². The third-order valence-electron chi connectivity index (χ3n) is 3.76. The Morgan fingerprint density at radius 3 is 2.43 bits per heavy atom. The van der Waals surface area contributed by atoms with Gasteiger partial charge in [0.15, 0.2) is 11.6 Å². The van der Waals surface area contributed by atoms with Gasteiger partial charge in [0.1, 0.15) is 11.4 Å². The standard InChI is InChI=1S/C21H22ClFN2O3/c1-5-17(25-20(26)28-21(2,3)4)15-10-11-16(22)19(18(15)23)27-14-8-6-13(12-24)7-9-14/h6-11,17H,5H2,1-4H3,(H,25,26)/t17-/m1/s1. The SMILES string of the molecule is CC[C@@H](NC(=O)OC(C)(C)C)c1ccc(Cl)c(Oc2ccc(C#N)cc2)c1F. The van der Waals surface area contributed by atoms with Gasteiger partial charge in [-0.1, -0.05) is 24.6 Å². The van der Waals surface area contributed by atoms with Crippen LogP contribution in [0.4, 0.5) is 9.18 Å². The Morgan fingerprint density at radius 2 is 1.89 bits per heavy atom. The molecule has 28 heavy (non-hydrogen) atoms. The van der Waals surface area contributed by atoms with Crippen LogP contribution in [0, 0.1) is 17.1 Å². The highest BCUT2D eigenvalue weighted by Gasteiger charge is 2.24. The third-order valence-corrected chi connectivity index (χ3v) is 4.05. The first-order valence-electron chi connectivity index (χ1n) is 8.80. The molecule has 0 unspecified atom stereocenters. The maximum absolute atomic E-state index is 15.1. The fourth-order valence-corrected chi connectivity index (χ4v) is 2.66. The van der Waals surface area contributed by atoms with Gasteiger partial charge in [0.05, 0.1) is 22.7 Å². The molecule has 0 heterocycles. The van der Waals surface area contributed by atoms with E-state index >= 15 is 4.39 Å². The molecule has 0 fully saturated rings. The van der Waals surface area contributed by atoms with Crippen molar-refractivity contribution in [3.8, 4) is 17.6 Å². The Labute approximate surface area is 169 Å². The van der Waals surface area contributed by atoms with E-state index in [-0.39, 0.29) is 16.3 Å². The van der Waals surface area contributed by atoms with Gasteiger partial charge >= 0.3 is 6.09 Å². The number of hydrogen-bond acceptors (Lipinski definition) is 4. The van der Waals surface area contributed by atoms with Gasteiger partial charge in [0.25, 0.3) is 0 Å². The molecule has 0 bridgehead atoms. The number of alkyl carbamates (subject to hydrolysis) is 1. The first-order chi connectivity index (χ1) is 13.1. The normalized spacial score (nSPS) is 12.0. The number of amides is 1. The van der Waals surface area contributed by atoms with E-state index in [0.29, 0.717) is 17.7 Å². The van der Waals surface area contributed by atoms with Crippen LogP contribution in [-0.2, 0) is 4.74 Å². The van der Waals surface area contributed by atoms with Crippen LogP contribution in [0.15, 0.2) is 36.4 Å². The van der Waals surface area contributed by atoms with Gasteiger partial charge < -0.3 is 14.8 Å². The van der Waals surface area contributed by atoms with Crippen molar-refractivity contribution in [2.45, 2.75) is 45.8 Å². The fraction of sp³-hybridized carbons (Fsp3) is 0.333. The van der Waals surface area contributed by atoms with Crippen molar-refractivity contribution in [2.24, 2.45) is 0 Å². The van der Waals surface area contributed by atoms with Gasteiger partial charge in [-0.3, -0.25) is 0 Å². The van der Waals surface area contributed by atoms with Crippen molar-refractivity contribution in [1.29, 1.82) is 5.26 Å². The van der Waals surface area contributed by atoms with Crippen LogP contribution in [0.3, 0.4) is 0 Å². The minimum Gasteiger partial charge on any atom is -0.453 e. The van der Waals surface area contributed by atoms with Gasteiger partial charge in [-0.2, -0.15) is 5.26 Å². The van der Waals surface area contributed by atoms with Crippen molar-refractivity contribution in [2.75, 3.05) is 0 Å². The molecule has 2 rings (SSSR count). The minimum atomic E-state index is -0.667. The van der Waals surface area contributed by atoms with E-state index in [4.69, 9.17) is 26.3 Å². The quantitative estimate of drug-likeness (QED) is 0.651. The molecular weight excluding hydrogens is 383 g/mol. The first kappa shape index (κ1) is 21.5. The number of benzene rings is 2. The smallest absolute Gasteiger partial charge is 0.408 e. The predicted octanol–water partition coefficient (Wildman–Crippen LogP) is 6.12. The number of carbonyl (C=O) groups excluding carboxylic acids is 1. The second-order valence-corrected chi connectivity index (χ2v) is 7.53. The number of nitrogens with one attached hydrogen (secondary N) is 1. The van der Waals surface area contributed by atoms with Crippen molar-refractivity contribution in [1.82, 2.24) is 5.32 Å². The molecule has 0 saturated heterocycles. The van der Waals surface area contributed by atoms with Crippen molar-refractivity contribution in [3.05, 3.63) is 58.4 Å². The summed E-state index contributed by atoms with van der Waals surface area (Å²) in [5.41, 5.74) is 0.0341. The largest absolute Gasteiger partial charge is 0.453 e. The maximum Gasteiger partial charge on any atom is 0.408 e. The topological polar surface area (TPSA) is 71.3 Å². The molecule has 2 aromatic rings. The second-order valence-electron chi connectivity index (χ2n) is 7.13. The predicted molar refractivity (Wildman–Crippen MR) is 105 cm³/mol. The monoisotopic (exact) mass is 404 g/mol. The molecule has 148 valence electrons. The molecule has 1 amide bonds. The maximum atomic E-state index is 15.1. The van der Waals surface area contributed by atoms with Gasteiger partial charge in [-0.25, -0.2) is 9.18 Å². The molecule has 0 aliphatic rings. The zero-order chi connectivity index (χ0) is 20.9.